The summed E-state index contributed by atoms with van der Waals surface area (Å²) in [6, 6.07) is 7.47. The third-order valence-electron chi connectivity index (χ3n) is 4.22. The Kier molecular flexibility index (Phi) is 3.42. The normalized spacial score (nSPS) is 27.7. The molecule has 1 aromatic rings. The molecule has 2 aliphatic rings. The zero-order valence-corrected chi connectivity index (χ0v) is 11.0. The highest BCUT2D eigenvalue weighted by Gasteiger charge is 2.56. The Morgan fingerprint density at radius 1 is 1.26 bits per heavy atom. The molecule has 2 saturated carbocycles. The van der Waals surface area contributed by atoms with Crippen molar-refractivity contribution in [2.24, 2.45) is 23.5 Å². The largest absolute Gasteiger partial charge is 0.492 e. The van der Waals surface area contributed by atoms with Gasteiger partial charge in [-0.15, -0.1) is 0 Å². The second-order valence-corrected chi connectivity index (χ2v) is 5.44. The summed E-state index contributed by atoms with van der Waals surface area (Å²) < 4.78 is 5.40. The lowest BCUT2D eigenvalue weighted by Crippen LogP contribution is -2.16. The molecule has 19 heavy (non-hydrogen) atoms. The van der Waals surface area contributed by atoms with Gasteiger partial charge >= 0.3 is 0 Å². The maximum atomic E-state index is 12.1. The molecule has 0 bridgehead atoms. The van der Waals surface area contributed by atoms with Gasteiger partial charge in [-0.25, -0.2) is 0 Å². The summed E-state index contributed by atoms with van der Waals surface area (Å²) in [5.74, 6) is 2.55. The van der Waals surface area contributed by atoms with Crippen LogP contribution in [0.5, 0.6) is 5.75 Å². The third-order valence-corrected chi connectivity index (χ3v) is 4.22. The Morgan fingerprint density at radius 2 is 1.95 bits per heavy atom. The monoisotopic (exact) mass is 260 g/mol. The van der Waals surface area contributed by atoms with Crippen molar-refractivity contribution in [2.45, 2.75) is 19.3 Å². The smallest absolute Gasteiger partial charge is 0.228 e. The first-order chi connectivity index (χ1) is 9.29. The van der Waals surface area contributed by atoms with Crippen LogP contribution in [0.4, 0.5) is 5.69 Å². The fraction of sp³-hybridized carbons (Fsp3) is 0.533. The SMILES string of the molecule is NCCOc1ccc(NC(=O)C2C3CCCC32)cc1. The van der Waals surface area contributed by atoms with Gasteiger partial charge in [0.2, 0.25) is 5.91 Å². The quantitative estimate of drug-likeness (QED) is 0.851. The van der Waals surface area contributed by atoms with Crippen LogP contribution in [0.2, 0.25) is 0 Å². The fourth-order valence-corrected chi connectivity index (χ4v) is 3.25. The maximum absolute atomic E-state index is 12.1. The zero-order valence-electron chi connectivity index (χ0n) is 11.0. The first-order valence-corrected chi connectivity index (χ1v) is 7.03. The summed E-state index contributed by atoms with van der Waals surface area (Å²) in [6.45, 7) is 1.01. The highest BCUT2D eigenvalue weighted by atomic mass is 16.5. The molecule has 0 saturated heterocycles. The predicted molar refractivity (Wildman–Crippen MR) is 73.9 cm³/mol. The summed E-state index contributed by atoms with van der Waals surface area (Å²) in [7, 11) is 0. The number of hydrogen-bond acceptors (Lipinski definition) is 3. The van der Waals surface area contributed by atoms with Gasteiger partial charge in [-0.3, -0.25) is 4.79 Å². The molecular formula is C15H20N2O2. The maximum Gasteiger partial charge on any atom is 0.228 e. The van der Waals surface area contributed by atoms with Gasteiger partial charge in [0.15, 0.2) is 0 Å². The molecule has 3 rings (SSSR count). The highest BCUT2D eigenvalue weighted by Crippen LogP contribution is 2.57. The van der Waals surface area contributed by atoms with E-state index in [-0.39, 0.29) is 11.8 Å². The van der Waals surface area contributed by atoms with Gasteiger partial charge in [-0.05, 0) is 48.9 Å². The second-order valence-electron chi connectivity index (χ2n) is 5.44. The van der Waals surface area contributed by atoms with E-state index in [0.29, 0.717) is 25.0 Å². The van der Waals surface area contributed by atoms with E-state index in [1.807, 2.05) is 24.3 Å². The molecule has 0 aliphatic heterocycles. The van der Waals surface area contributed by atoms with Gasteiger partial charge < -0.3 is 15.8 Å². The lowest BCUT2D eigenvalue weighted by Gasteiger charge is -2.08. The van der Waals surface area contributed by atoms with Gasteiger partial charge in [0, 0.05) is 18.2 Å². The van der Waals surface area contributed by atoms with Gasteiger partial charge in [0.25, 0.3) is 0 Å². The van der Waals surface area contributed by atoms with E-state index in [9.17, 15) is 4.79 Å². The average Bonchev–Trinajstić information content (AvgIpc) is 2.92. The number of anilines is 1. The van der Waals surface area contributed by atoms with Gasteiger partial charge in [0.05, 0.1) is 0 Å². The van der Waals surface area contributed by atoms with E-state index in [4.69, 9.17) is 10.5 Å². The second kappa shape index (κ2) is 5.21. The number of carbonyl (C=O) groups is 1. The number of amides is 1. The minimum absolute atomic E-state index is 0.185. The lowest BCUT2D eigenvalue weighted by molar-refractivity contribution is -0.118. The number of benzene rings is 1. The summed E-state index contributed by atoms with van der Waals surface area (Å²) in [6.07, 6.45) is 3.76. The number of rotatable bonds is 5. The van der Waals surface area contributed by atoms with Gasteiger partial charge in [-0.1, -0.05) is 6.42 Å². The van der Waals surface area contributed by atoms with E-state index in [1.54, 1.807) is 0 Å². The van der Waals surface area contributed by atoms with Crippen LogP contribution in [0.15, 0.2) is 24.3 Å². The van der Waals surface area contributed by atoms with Crippen LogP contribution in [0.1, 0.15) is 19.3 Å². The summed E-state index contributed by atoms with van der Waals surface area (Å²) in [4.78, 5) is 12.1. The molecule has 2 aliphatic carbocycles. The van der Waals surface area contributed by atoms with E-state index >= 15 is 0 Å². The molecule has 4 heteroatoms. The fourth-order valence-electron chi connectivity index (χ4n) is 3.25. The molecule has 0 heterocycles. The standard InChI is InChI=1S/C15H20N2O2/c16-8-9-19-11-6-4-10(5-7-11)17-15(18)14-12-2-1-3-13(12)14/h4-7,12-14H,1-3,8-9,16H2,(H,17,18). The van der Waals surface area contributed by atoms with E-state index < -0.39 is 0 Å². The Hall–Kier alpha value is -1.55. The number of nitrogens with one attached hydrogen (secondary N) is 1. The first-order valence-electron chi connectivity index (χ1n) is 7.03. The first kappa shape index (κ1) is 12.5. The van der Waals surface area contributed by atoms with Crippen molar-refractivity contribution in [2.75, 3.05) is 18.5 Å². The molecular weight excluding hydrogens is 240 g/mol. The van der Waals surface area contributed by atoms with Crippen LogP contribution in [-0.2, 0) is 4.79 Å². The van der Waals surface area contributed by atoms with Crippen molar-refractivity contribution < 1.29 is 9.53 Å². The molecule has 2 fully saturated rings. The zero-order chi connectivity index (χ0) is 13.2. The Labute approximate surface area is 113 Å². The van der Waals surface area contributed by atoms with Crippen LogP contribution in [0, 0.1) is 17.8 Å². The Bertz CT molecular complexity index is 448. The molecule has 0 spiro atoms. The van der Waals surface area contributed by atoms with Crippen molar-refractivity contribution in [1.29, 1.82) is 0 Å². The average molecular weight is 260 g/mol. The summed E-state index contributed by atoms with van der Waals surface area (Å²) in [5, 5.41) is 3.00. The van der Waals surface area contributed by atoms with E-state index in [2.05, 4.69) is 5.32 Å². The Morgan fingerprint density at radius 3 is 2.58 bits per heavy atom. The number of fused-ring (bicyclic) bond motifs is 1. The van der Waals surface area contributed by atoms with Crippen LogP contribution >= 0.6 is 0 Å². The molecule has 1 aromatic carbocycles. The minimum Gasteiger partial charge on any atom is -0.492 e. The molecule has 4 nitrogen and oxygen atoms in total. The molecule has 3 N–H and O–H groups in total. The van der Waals surface area contributed by atoms with E-state index in [1.165, 1.54) is 19.3 Å². The number of ether oxygens (including phenoxy) is 1. The summed E-state index contributed by atoms with van der Waals surface area (Å²) >= 11 is 0. The van der Waals surface area contributed by atoms with Crippen LogP contribution < -0.4 is 15.8 Å². The van der Waals surface area contributed by atoms with Crippen molar-refractivity contribution in [3.63, 3.8) is 0 Å². The topological polar surface area (TPSA) is 64.3 Å². The molecule has 2 atom stereocenters. The minimum atomic E-state index is 0.185. The molecule has 102 valence electrons. The van der Waals surface area contributed by atoms with Crippen molar-refractivity contribution >= 4 is 11.6 Å². The highest BCUT2D eigenvalue weighted by molar-refractivity contribution is 5.95. The lowest BCUT2D eigenvalue weighted by atomic mass is 10.1. The summed E-state index contributed by atoms with van der Waals surface area (Å²) in [5.41, 5.74) is 6.22. The van der Waals surface area contributed by atoms with Crippen LogP contribution in [0.3, 0.4) is 0 Å². The van der Waals surface area contributed by atoms with Gasteiger partial charge in [0.1, 0.15) is 12.4 Å². The van der Waals surface area contributed by atoms with Crippen molar-refractivity contribution in [3.8, 4) is 5.75 Å². The third kappa shape index (κ3) is 2.59. The Balaban J connectivity index is 1.53. The van der Waals surface area contributed by atoms with Crippen molar-refractivity contribution in [3.05, 3.63) is 24.3 Å². The van der Waals surface area contributed by atoms with Crippen LogP contribution in [0.25, 0.3) is 0 Å². The van der Waals surface area contributed by atoms with Gasteiger partial charge in [-0.2, -0.15) is 0 Å². The molecule has 0 radical (unpaired) electrons. The van der Waals surface area contributed by atoms with Crippen molar-refractivity contribution in [1.82, 2.24) is 0 Å². The number of nitrogens with two attached hydrogens (primary N) is 1. The number of hydrogen-bond donors (Lipinski definition) is 2. The van der Waals surface area contributed by atoms with E-state index in [0.717, 1.165) is 11.4 Å². The predicted octanol–water partition coefficient (Wildman–Crippen LogP) is 2.01. The molecule has 0 aromatic heterocycles. The van der Waals surface area contributed by atoms with Crippen LogP contribution in [-0.4, -0.2) is 19.1 Å². The molecule has 1 amide bonds. The molecule has 2 unspecified atom stereocenters. The number of carbonyl (C=O) groups excluding carboxylic acids is 1.